The molecular weight excluding hydrogens is 332 g/mol. The molecule has 2 aromatic rings. The molecule has 1 unspecified atom stereocenters. The van der Waals surface area contributed by atoms with Gasteiger partial charge in [0, 0.05) is 5.92 Å². The molecule has 0 aliphatic heterocycles. The molecule has 1 N–H and O–H groups in total. The van der Waals surface area contributed by atoms with Crippen LogP contribution in [0.15, 0.2) is 48.5 Å². The normalized spacial score (nSPS) is 11.9. The maximum Gasteiger partial charge on any atom is 0.337 e. The monoisotopic (exact) mass is 356 g/mol. The molecule has 0 heterocycles. The number of esters is 2. The molecule has 5 nitrogen and oxygen atoms in total. The standard InChI is InChI=1S/C21H24O5/c1-4-18(22)13-19(14-5-9-16(10-6-14)20(23)25-2)15-7-11-17(12-8-15)21(24)26-3/h5-12,18-19,22H,4,13H2,1-3H3. The van der Waals surface area contributed by atoms with E-state index in [-0.39, 0.29) is 17.9 Å². The van der Waals surface area contributed by atoms with E-state index in [1.807, 2.05) is 31.2 Å². The lowest BCUT2D eigenvalue weighted by Gasteiger charge is -2.21. The number of aliphatic hydroxyl groups is 1. The fourth-order valence-corrected chi connectivity index (χ4v) is 2.84. The molecule has 0 aliphatic carbocycles. The Balaban J connectivity index is 2.34. The molecule has 0 amide bonds. The summed E-state index contributed by atoms with van der Waals surface area (Å²) in [5, 5.41) is 10.2. The lowest BCUT2D eigenvalue weighted by molar-refractivity contribution is 0.0592. The SMILES string of the molecule is CCC(O)CC(c1ccc(C(=O)OC)cc1)c1ccc(C(=O)OC)cc1. The lowest BCUT2D eigenvalue weighted by Crippen LogP contribution is -2.13. The molecule has 5 heteroatoms. The van der Waals surface area contributed by atoms with Gasteiger partial charge in [0.15, 0.2) is 0 Å². The van der Waals surface area contributed by atoms with E-state index < -0.39 is 6.10 Å². The first-order chi connectivity index (χ1) is 12.5. The van der Waals surface area contributed by atoms with Crippen LogP contribution in [-0.2, 0) is 9.47 Å². The molecule has 26 heavy (non-hydrogen) atoms. The maximum absolute atomic E-state index is 11.6. The summed E-state index contributed by atoms with van der Waals surface area (Å²) in [6.07, 6.45) is 0.753. The molecule has 0 saturated heterocycles. The van der Waals surface area contributed by atoms with Crippen LogP contribution >= 0.6 is 0 Å². The largest absolute Gasteiger partial charge is 0.465 e. The number of methoxy groups -OCH3 is 2. The first-order valence-electron chi connectivity index (χ1n) is 8.54. The van der Waals surface area contributed by atoms with E-state index in [1.54, 1.807) is 24.3 Å². The number of hydrogen-bond acceptors (Lipinski definition) is 5. The highest BCUT2D eigenvalue weighted by molar-refractivity contribution is 5.89. The van der Waals surface area contributed by atoms with Crippen LogP contribution in [0, 0.1) is 0 Å². The summed E-state index contributed by atoms with van der Waals surface area (Å²) in [6, 6.07) is 14.3. The van der Waals surface area contributed by atoms with Gasteiger partial charge in [0.05, 0.1) is 31.5 Å². The highest BCUT2D eigenvalue weighted by Gasteiger charge is 2.19. The zero-order valence-corrected chi connectivity index (χ0v) is 15.3. The predicted molar refractivity (Wildman–Crippen MR) is 98.3 cm³/mol. The van der Waals surface area contributed by atoms with Crippen molar-refractivity contribution in [3.63, 3.8) is 0 Å². The Hall–Kier alpha value is -2.66. The molecule has 0 saturated carbocycles. The van der Waals surface area contributed by atoms with Gasteiger partial charge in [-0.2, -0.15) is 0 Å². The summed E-state index contributed by atoms with van der Waals surface area (Å²) in [5.74, 6) is -0.823. The molecule has 0 aliphatic rings. The Morgan fingerprint density at radius 1 is 0.846 bits per heavy atom. The van der Waals surface area contributed by atoms with Crippen molar-refractivity contribution in [3.8, 4) is 0 Å². The number of rotatable bonds is 7. The van der Waals surface area contributed by atoms with E-state index in [9.17, 15) is 14.7 Å². The Kier molecular flexibility index (Phi) is 6.92. The van der Waals surface area contributed by atoms with Gasteiger partial charge >= 0.3 is 11.9 Å². The Morgan fingerprint density at radius 3 is 1.54 bits per heavy atom. The number of carbonyl (C=O) groups excluding carboxylic acids is 2. The van der Waals surface area contributed by atoms with Crippen LogP contribution in [0.2, 0.25) is 0 Å². The van der Waals surface area contributed by atoms with Crippen LogP contribution in [0.3, 0.4) is 0 Å². The summed E-state index contributed by atoms with van der Waals surface area (Å²) < 4.78 is 9.45. The van der Waals surface area contributed by atoms with Crippen molar-refractivity contribution in [3.05, 3.63) is 70.8 Å². The zero-order valence-electron chi connectivity index (χ0n) is 15.3. The topological polar surface area (TPSA) is 72.8 Å². The number of benzene rings is 2. The van der Waals surface area contributed by atoms with Crippen molar-refractivity contribution in [2.75, 3.05) is 14.2 Å². The Bertz CT molecular complexity index is 675. The first-order valence-corrected chi connectivity index (χ1v) is 8.54. The molecule has 0 spiro atoms. The van der Waals surface area contributed by atoms with Crippen molar-refractivity contribution < 1.29 is 24.2 Å². The number of aliphatic hydroxyl groups excluding tert-OH is 1. The van der Waals surface area contributed by atoms with E-state index in [1.165, 1.54) is 14.2 Å². The van der Waals surface area contributed by atoms with Gasteiger partial charge < -0.3 is 14.6 Å². The van der Waals surface area contributed by atoms with Crippen molar-refractivity contribution in [2.45, 2.75) is 31.8 Å². The highest BCUT2D eigenvalue weighted by Crippen LogP contribution is 2.30. The van der Waals surface area contributed by atoms with E-state index in [0.29, 0.717) is 24.0 Å². The zero-order chi connectivity index (χ0) is 19.1. The summed E-state index contributed by atoms with van der Waals surface area (Å²) in [4.78, 5) is 23.2. The average Bonchev–Trinajstić information content (AvgIpc) is 2.70. The average molecular weight is 356 g/mol. The predicted octanol–water partition coefficient (Wildman–Crippen LogP) is 3.55. The molecule has 0 aromatic heterocycles. The van der Waals surface area contributed by atoms with Gasteiger partial charge in [-0.1, -0.05) is 31.2 Å². The molecule has 1 atom stereocenters. The van der Waals surface area contributed by atoms with Gasteiger partial charge in [0.1, 0.15) is 0 Å². The van der Waals surface area contributed by atoms with Gasteiger partial charge in [-0.15, -0.1) is 0 Å². The van der Waals surface area contributed by atoms with Crippen LogP contribution in [0.5, 0.6) is 0 Å². The van der Waals surface area contributed by atoms with E-state index in [0.717, 1.165) is 11.1 Å². The first kappa shape index (κ1) is 19.7. The fourth-order valence-electron chi connectivity index (χ4n) is 2.84. The molecule has 0 bridgehead atoms. The minimum atomic E-state index is -0.444. The molecule has 0 radical (unpaired) electrons. The fraction of sp³-hybridized carbons (Fsp3) is 0.333. The van der Waals surface area contributed by atoms with Crippen molar-refractivity contribution in [2.24, 2.45) is 0 Å². The highest BCUT2D eigenvalue weighted by atomic mass is 16.5. The van der Waals surface area contributed by atoms with Gasteiger partial charge in [-0.05, 0) is 48.2 Å². The van der Waals surface area contributed by atoms with Gasteiger partial charge in [-0.3, -0.25) is 0 Å². The summed E-state index contributed by atoms with van der Waals surface area (Å²) in [5.41, 5.74) is 2.92. The smallest absolute Gasteiger partial charge is 0.337 e. The van der Waals surface area contributed by atoms with Crippen LogP contribution in [0.1, 0.15) is 57.5 Å². The summed E-state index contributed by atoms with van der Waals surface area (Å²) in [6.45, 7) is 1.93. The van der Waals surface area contributed by atoms with Crippen LogP contribution in [0.4, 0.5) is 0 Å². The second kappa shape index (κ2) is 9.15. The van der Waals surface area contributed by atoms with Crippen LogP contribution in [0.25, 0.3) is 0 Å². The maximum atomic E-state index is 11.6. The third kappa shape index (κ3) is 4.70. The van der Waals surface area contributed by atoms with Crippen molar-refractivity contribution in [1.29, 1.82) is 0 Å². The minimum Gasteiger partial charge on any atom is -0.465 e. The van der Waals surface area contributed by atoms with Crippen LogP contribution < -0.4 is 0 Å². The molecule has 138 valence electrons. The van der Waals surface area contributed by atoms with Gasteiger partial charge in [-0.25, -0.2) is 9.59 Å². The number of carbonyl (C=O) groups is 2. The summed E-state index contributed by atoms with van der Waals surface area (Å²) in [7, 11) is 2.69. The second-order valence-corrected chi connectivity index (χ2v) is 6.08. The summed E-state index contributed by atoms with van der Waals surface area (Å²) >= 11 is 0. The van der Waals surface area contributed by atoms with E-state index >= 15 is 0 Å². The third-order valence-electron chi connectivity index (χ3n) is 4.45. The van der Waals surface area contributed by atoms with E-state index in [2.05, 4.69) is 0 Å². The third-order valence-corrected chi connectivity index (χ3v) is 4.45. The molecule has 2 rings (SSSR count). The van der Waals surface area contributed by atoms with Gasteiger partial charge in [0.2, 0.25) is 0 Å². The number of ether oxygens (including phenoxy) is 2. The number of hydrogen-bond donors (Lipinski definition) is 1. The Morgan fingerprint density at radius 2 is 1.23 bits per heavy atom. The molecular formula is C21H24O5. The molecule has 0 fully saturated rings. The van der Waals surface area contributed by atoms with E-state index in [4.69, 9.17) is 9.47 Å². The Labute approximate surface area is 153 Å². The second-order valence-electron chi connectivity index (χ2n) is 6.08. The van der Waals surface area contributed by atoms with Crippen molar-refractivity contribution >= 4 is 11.9 Å². The lowest BCUT2D eigenvalue weighted by atomic mass is 9.85. The minimum absolute atomic E-state index is 0.0525. The van der Waals surface area contributed by atoms with Crippen LogP contribution in [-0.4, -0.2) is 37.4 Å². The molecule has 2 aromatic carbocycles. The quantitative estimate of drug-likeness (QED) is 0.768. The van der Waals surface area contributed by atoms with Gasteiger partial charge in [0.25, 0.3) is 0 Å². The van der Waals surface area contributed by atoms with Crippen molar-refractivity contribution in [1.82, 2.24) is 0 Å².